The summed E-state index contributed by atoms with van der Waals surface area (Å²) in [4.78, 5) is 12.6. The molecule has 5 nitrogen and oxygen atoms in total. The smallest absolute Gasteiger partial charge is 0.342 e. The Morgan fingerprint density at radius 2 is 2.08 bits per heavy atom. The largest absolute Gasteiger partial charge is 0.497 e. The fraction of sp³-hybridized carbons (Fsp3) is 0.474. The lowest BCUT2D eigenvalue weighted by molar-refractivity contribution is 0.182. The van der Waals surface area contributed by atoms with Crippen molar-refractivity contribution in [2.75, 3.05) is 18.5 Å². The van der Waals surface area contributed by atoms with Crippen LogP contribution in [0, 0.1) is 5.92 Å². The fourth-order valence-electron chi connectivity index (χ4n) is 3.43. The van der Waals surface area contributed by atoms with E-state index in [0.717, 1.165) is 29.8 Å². The van der Waals surface area contributed by atoms with Gasteiger partial charge in [-0.3, -0.25) is 0 Å². The summed E-state index contributed by atoms with van der Waals surface area (Å²) in [7, 11) is 0. The molecule has 1 aromatic rings. The third-order valence-corrected chi connectivity index (χ3v) is 4.57. The van der Waals surface area contributed by atoms with Gasteiger partial charge in [0.25, 0.3) is 0 Å². The number of hydrogen-bond donors (Lipinski definition) is 1. The van der Waals surface area contributed by atoms with Crippen molar-refractivity contribution < 1.29 is 9.53 Å². The Morgan fingerprint density at radius 1 is 1.33 bits per heavy atom. The average molecular weight is 327 g/mol. The maximum Gasteiger partial charge on any atom is 0.342 e. The predicted molar refractivity (Wildman–Crippen MR) is 96.0 cm³/mol. The number of nitrogens with zero attached hydrogens (tertiary/aromatic N) is 2. The third kappa shape index (κ3) is 3.61. The molecule has 1 saturated carbocycles. The van der Waals surface area contributed by atoms with E-state index >= 15 is 0 Å². The van der Waals surface area contributed by atoms with Crippen LogP contribution in [-0.2, 0) is 4.74 Å². The molecule has 0 bridgehead atoms. The number of benzene rings is 1. The number of carbonyl (C=O) groups excluding carboxylic acids is 1. The van der Waals surface area contributed by atoms with Gasteiger partial charge in [0, 0.05) is 11.5 Å². The van der Waals surface area contributed by atoms with Gasteiger partial charge in [-0.05, 0) is 25.8 Å². The van der Waals surface area contributed by atoms with E-state index in [1.807, 2.05) is 31.2 Å². The van der Waals surface area contributed by atoms with Crippen LogP contribution in [0.15, 0.2) is 41.7 Å². The molecule has 1 fully saturated rings. The van der Waals surface area contributed by atoms with E-state index in [-0.39, 0.29) is 12.6 Å². The SMILES string of the molecule is C=C(CN1N=C(C2CCCCC2)c2ccccc2NC1=O)OCC. The number of nitrogens with one attached hydrogen (secondary N) is 1. The molecule has 1 N–H and O–H groups in total. The van der Waals surface area contributed by atoms with Crippen LogP contribution in [-0.4, -0.2) is 29.9 Å². The Kier molecular flexibility index (Phi) is 5.18. The second kappa shape index (κ2) is 7.51. The van der Waals surface area contributed by atoms with Gasteiger partial charge in [-0.25, -0.2) is 9.80 Å². The van der Waals surface area contributed by atoms with Gasteiger partial charge in [0.15, 0.2) is 0 Å². The van der Waals surface area contributed by atoms with Crippen LogP contribution in [0.1, 0.15) is 44.6 Å². The number of fused-ring (bicyclic) bond motifs is 1. The topological polar surface area (TPSA) is 53.9 Å². The number of carbonyl (C=O) groups is 1. The summed E-state index contributed by atoms with van der Waals surface area (Å²) in [5, 5.41) is 9.15. The van der Waals surface area contributed by atoms with Crippen LogP contribution in [0.4, 0.5) is 10.5 Å². The lowest BCUT2D eigenvalue weighted by atomic mass is 9.83. The van der Waals surface area contributed by atoms with Gasteiger partial charge >= 0.3 is 6.03 Å². The van der Waals surface area contributed by atoms with E-state index < -0.39 is 0 Å². The molecule has 1 aliphatic heterocycles. The van der Waals surface area contributed by atoms with Crippen molar-refractivity contribution in [3.8, 4) is 0 Å². The van der Waals surface area contributed by atoms with Crippen molar-refractivity contribution in [1.82, 2.24) is 5.01 Å². The summed E-state index contributed by atoms with van der Waals surface area (Å²) in [5.41, 5.74) is 2.87. The van der Waals surface area contributed by atoms with Crippen LogP contribution in [0.2, 0.25) is 0 Å². The predicted octanol–water partition coefficient (Wildman–Crippen LogP) is 4.37. The van der Waals surface area contributed by atoms with Crippen LogP contribution in [0.5, 0.6) is 0 Å². The molecule has 0 atom stereocenters. The summed E-state index contributed by atoms with van der Waals surface area (Å²) < 4.78 is 5.41. The number of amides is 2. The van der Waals surface area contributed by atoms with Crippen molar-refractivity contribution in [2.45, 2.75) is 39.0 Å². The molecule has 2 amide bonds. The highest BCUT2D eigenvalue weighted by Crippen LogP contribution is 2.32. The zero-order valence-electron chi connectivity index (χ0n) is 14.3. The first-order chi connectivity index (χ1) is 11.7. The molecule has 5 heteroatoms. The number of anilines is 1. The third-order valence-electron chi connectivity index (χ3n) is 4.57. The second-order valence-electron chi connectivity index (χ2n) is 6.33. The summed E-state index contributed by atoms with van der Waals surface area (Å²) in [5.74, 6) is 0.945. The average Bonchev–Trinajstić information content (AvgIpc) is 2.73. The number of hydrazone groups is 1. The highest BCUT2D eigenvalue weighted by atomic mass is 16.5. The Bertz CT molecular complexity index is 648. The summed E-state index contributed by atoms with van der Waals surface area (Å²) in [6, 6.07) is 7.68. The first kappa shape index (κ1) is 16.6. The maximum absolute atomic E-state index is 12.6. The van der Waals surface area contributed by atoms with E-state index in [0.29, 0.717) is 18.3 Å². The number of urea groups is 1. The number of para-hydroxylation sites is 1. The van der Waals surface area contributed by atoms with E-state index in [9.17, 15) is 4.79 Å². The van der Waals surface area contributed by atoms with Gasteiger partial charge in [-0.2, -0.15) is 5.10 Å². The minimum atomic E-state index is -0.242. The highest BCUT2D eigenvalue weighted by Gasteiger charge is 2.28. The van der Waals surface area contributed by atoms with Crippen molar-refractivity contribution >= 4 is 17.4 Å². The van der Waals surface area contributed by atoms with Gasteiger partial charge < -0.3 is 10.1 Å². The Hall–Kier alpha value is -2.30. The lowest BCUT2D eigenvalue weighted by Gasteiger charge is -2.24. The molecular formula is C19H25N3O2. The zero-order valence-corrected chi connectivity index (χ0v) is 14.3. The molecule has 0 saturated heterocycles. The lowest BCUT2D eigenvalue weighted by Crippen LogP contribution is -2.32. The van der Waals surface area contributed by atoms with Crippen molar-refractivity contribution in [3.63, 3.8) is 0 Å². The van der Waals surface area contributed by atoms with Gasteiger partial charge in [0.1, 0.15) is 12.3 Å². The summed E-state index contributed by atoms with van der Waals surface area (Å²) in [6.45, 7) is 6.58. The van der Waals surface area contributed by atoms with E-state index in [2.05, 4.69) is 11.9 Å². The van der Waals surface area contributed by atoms with Gasteiger partial charge in [0.2, 0.25) is 0 Å². The quantitative estimate of drug-likeness (QED) is 0.817. The number of rotatable bonds is 5. The first-order valence-electron chi connectivity index (χ1n) is 8.76. The molecule has 0 aromatic heterocycles. The van der Waals surface area contributed by atoms with Gasteiger partial charge in [-0.1, -0.05) is 44.0 Å². The van der Waals surface area contributed by atoms with Crippen LogP contribution in [0.3, 0.4) is 0 Å². The Labute approximate surface area is 143 Å². The molecule has 128 valence electrons. The maximum atomic E-state index is 12.6. The molecule has 2 aliphatic rings. The monoisotopic (exact) mass is 327 g/mol. The van der Waals surface area contributed by atoms with Crippen molar-refractivity contribution in [2.24, 2.45) is 11.0 Å². The molecule has 24 heavy (non-hydrogen) atoms. The van der Waals surface area contributed by atoms with E-state index in [4.69, 9.17) is 9.84 Å². The van der Waals surface area contributed by atoms with Gasteiger partial charge in [-0.15, -0.1) is 0 Å². The fourth-order valence-corrected chi connectivity index (χ4v) is 3.43. The molecule has 1 aliphatic carbocycles. The van der Waals surface area contributed by atoms with E-state index in [1.165, 1.54) is 24.3 Å². The van der Waals surface area contributed by atoms with Crippen LogP contribution >= 0.6 is 0 Å². The van der Waals surface area contributed by atoms with Crippen molar-refractivity contribution in [1.29, 1.82) is 0 Å². The number of ether oxygens (including phenoxy) is 1. The standard InChI is InChI=1S/C19H25N3O2/c1-3-24-14(2)13-22-19(23)20-17-12-8-7-11-16(17)18(21-22)15-9-5-4-6-10-15/h7-8,11-12,15H,2-6,9-10,13H2,1H3,(H,20,23). The van der Waals surface area contributed by atoms with Crippen molar-refractivity contribution in [3.05, 3.63) is 42.2 Å². The second-order valence-corrected chi connectivity index (χ2v) is 6.33. The van der Waals surface area contributed by atoms with Gasteiger partial charge in [0.05, 0.1) is 18.0 Å². The molecule has 0 spiro atoms. The summed E-state index contributed by atoms with van der Waals surface area (Å²) in [6.07, 6.45) is 5.98. The number of hydrogen-bond acceptors (Lipinski definition) is 3. The molecule has 1 aromatic carbocycles. The van der Waals surface area contributed by atoms with Crippen LogP contribution < -0.4 is 5.32 Å². The molecule has 1 heterocycles. The molecule has 3 rings (SSSR count). The molecular weight excluding hydrogens is 302 g/mol. The Balaban J connectivity index is 1.94. The van der Waals surface area contributed by atoms with E-state index in [1.54, 1.807) is 0 Å². The minimum absolute atomic E-state index is 0.242. The first-order valence-corrected chi connectivity index (χ1v) is 8.76. The minimum Gasteiger partial charge on any atom is -0.497 e. The van der Waals surface area contributed by atoms with Crippen LogP contribution in [0.25, 0.3) is 0 Å². The Morgan fingerprint density at radius 3 is 2.83 bits per heavy atom. The normalized spacial score (nSPS) is 18.3. The molecule has 0 unspecified atom stereocenters. The summed E-state index contributed by atoms with van der Waals surface area (Å²) >= 11 is 0. The molecule has 0 radical (unpaired) electrons. The highest BCUT2D eigenvalue weighted by molar-refractivity contribution is 6.10. The zero-order chi connectivity index (χ0) is 16.9.